The fraction of sp³-hybridized carbons (Fsp3) is 0.375. The van der Waals surface area contributed by atoms with E-state index >= 15 is 0 Å². The highest BCUT2D eigenvalue weighted by atomic mass is 35.5. The minimum absolute atomic E-state index is 0.0127. The van der Waals surface area contributed by atoms with E-state index in [0.29, 0.717) is 34.3 Å². The van der Waals surface area contributed by atoms with Gasteiger partial charge < -0.3 is 15.0 Å². The summed E-state index contributed by atoms with van der Waals surface area (Å²) in [5.74, 6) is 0.0700. The first kappa shape index (κ1) is 30.5. The number of hydrogen-bond acceptors (Lipinski definition) is 3. The average Bonchev–Trinajstić information content (AvgIpc) is 2.90. The normalized spacial score (nSPS) is 12.1. The number of carbonyl (C=O) groups is 2. The summed E-state index contributed by atoms with van der Waals surface area (Å²) in [5.41, 5.74) is 2.83. The van der Waals surface area contributed by atoms with Crippen LogP contribution in [0.3, 0.4) is 0 Å². The molecular weight excluding hydrogens is 531 g/mol. The van der Waals surface area contributed by atoms with E-state index in [1.165, 1.54) is 5.56 Å². The zero-order valence-electron chi connectivity index (χ0n) is 23.2. The maximum Gasteiger partial charge on any atom is 0.261 e. The van der Waals surface area contributed by atoms with Crippen LogP contribution in [0.2, 0.25) is 10.0 Å². The maximum absolute atomic E-state index is 13.7. The first-order valence-corrected chi connectivity index (χ1v) is 14.1. The minimum atomic E-state index is -0.754. The van der Waals surface area contributed by atoms with E-state index in [2.05, 4.69) is 33.0 Å². The van der Waals surface area contributed by atoms with Gasteiger partial charge in [-0.05, 0) is 52.8 Å². The predicted octanol–water partition coefficient (Wildman–Crippen LogP) is 7.23. The Bertz CT molecular complexity index is 1220. The third kappa shape index (κ3) is 9.29. The van der Waals surface area contributed by atoms with E-state index in [1.54, 1.807) is 23.1 Å². The van der Waals surface area contributed by atoms with Gasteiger partial charge in [-0.15, -0.1) is 0 Å². The van der Waals surface area contributed by atoms with Crippen molar-refractivity contribution >= 4 is 35.0 Å². The first-order valence-electron chi connectivity index (χ1n) is 13.4. The van der Waals surface area contributed by atoms with Gasteiger partial charge in [0.1, 0.15) is 11.8 Å². The van der Waals surface area contributed by atoms with Gasteiger partial charge in [0.05, 0.1) is 0 Å². The SMILES string of the molecule is CCCCNC(=O)C(Cc1ccccc1)N(Cc1ccc(Cl)cc1Cl)C(=O)COc1ccc(C(C)(C)C)cc1. The van der Waals surface area contributed by atoms with Crippen LogP contribution in [0.1, 0.15) is 57.2 Å². The van der Waals surface area contributed by atoms with E-state index in [4.69, 9.17) is 27.9 Å². The molecule has 7 heteroatoms. The largest absolute Gasteiger partial charge is 0.484 e. The lowest BCUT2D eigenvalue weighted by molar-refractivity contribution is -0.142. The molecule has 39 heavy (non-hydrogen) atoms. The van der Waals surface area contributed by atoms with Crippen LogP contribution in [0.5, 0.6) is 5.75 Å². The van der Waals surface area contributed by atoms with Crippen LogP contribution >= 0.6 is 23.2 Å². The number of amides is 2. The van der Waals surface area contributed by atoms with Gasteiger partial charge in [0.15, 0.2) is 6.61 Å². The summed E-state index contributed by atoms with van der Waals surface area (Å²) >= 11 is 12.6. The second-order valence-corrected chi connectivity index (χ2v) is 11.5. The molecule has 1 N–H and O–H groups in total. The number of nitrogens with zero attached hydrogens (tertiary/aromatic N) is 1. The van der Waals surface area contributed by atoms with Crippen molar-refractivity contribution in [2.45, 2.75) is 65.0 Å². The lowest BCUT2D eigenvalue weighted by atomic mass is 9.87. The fourth-order valence-electron chi connectivity index (χ4n) is 4.17. The summed E-state index contributed by atoms with van der Waals surface area (Å²) in [5, 5.41) is 3.95. The monoisotopic (exact) mass is 568 g/mol. The van der Waals surface area contributed by atoms with Crippen LogP contribution in [0, 0.1) is 0 Å². The van der Waals surface area contributed by atoms with Crippen molar-refractivity contribution in [1.29, 1.82) is 0 Å². The number of halogens is 2. The van der Waals surface area contributed by atoms with Crippen molar-refractivity contribution in [3.05, 3.63) is 99.5 Å². The van der Waals surface area contributed by atoms with Gasteiger partial charge >= 0.3 is 0 Å². The number of nitrogens with one attached hydrogen (secondary N) is 1. The Labute approximate surface area is 242 Å². The smallest absolute Gasteiger partial charge is 0.261 e. The van der Waals surface area contributed by atoms with Gasteiger partial charge in [-0.1, -0.05) is 106 Å². The Morgan fingerprint density at radius 1 is 0.974 bits per heavy atom. The van der Waals surface area contributed by atoms with Gasteiger partial charge in [-0.2, -0.15) is 0 Å². The molecule has 0 saturated carbocycles. The first-order chi connectivity index (χ1) is 18.6. The van der Waals surface area contributed by atoms with Gasteiger partial charge in [-0.25, -0.2) is 0 Å². The van der Waals surface area contributed by atoms with Gasteiger partial charge in [-0.3, -0.25) is 9.59 Å². The quantitative estimate of drug-likeness (QED) is 0.234. The molecule has 0 aliphatic carbocycles. The number of hydrogen-bond donors (Lipinski definition) is 1. The average molecular weight is 570 g/mol. The van der Waals surface area contributed by atoms with E-state index in [1.807, 2.05) is 54.6 Å². The molecule has 3 aromatic rings. The summed E-state index contributed by atoms with van der Waals surface area (Å²) in [6, 6.07) is 21.8. The van der Waals surface area contributed by atoms with Crippen LogP contribution in [-0.4, -0.2) is 35.9 Å². The molecule has 0 spiro atoms. The summed E-state index contributed by atoms with van der Waals surface area (Å²) in [6.45, 7) is 8.96. The highest BCUT2D eigenvalue weighted by Crippen LogP contribution is 2.26. The van der Waals surface area contributed by atoms with E-state index in [-0.39, 0.29) is 30.4 Å². The van der Waals surface area contributed by atoms with Crippen molar-refractivity contribution in [2.75, 3.05) is 13.2 Å². The summed E-state index contributed by atoms with van der Waals surface area (Å²) < 4.78 is 5.91. The van der Waals surface area contributed by atoms with E-state index in [0.717, 1.165) is 18.4 Å². The number of benzene rings is 3. The van der Waals surface area contributed by atoms with Gasteiger partial charge in [0.2, 0.25) is 5.91 Å². The Balaban J connectivity index is 1.89. The fourth-order valence-corrected chi connectivity index (χ4v) is 4.64. The zero-order chi connectivity index (χ0) is 28.4. The number of rotatable bonds is 12. The number of carbonyl (C=O) groups excluding carboxylic acids is 2. The van der Waals surface area contributed by atoms with Crippen LogP contribution < -0.4 is 10.1 Å². The molecule has 1 atom stereocenters. The van der Waals surface area contributed by atoms with Crippen LogP contribution in [0.15, 0.2) is 72.8 Å². The van der Waals surface area contributed by atoms with Crippen LogP contribution in [-0.2, 0) is 28.0 Å². The van der Waals surface area contributed by atoms with Crippen molar-refractivity contribution in [1.82, 2.24) is 10.2 Å². The highest BCUT2D eigenvalue weighted by molar-refractivity contribution is 6.35. The molecule has 1 unspecified atom stereocenters. The zero-order valence-corrected chi connectivity index (χ0v) is 24.7. The lowest BCUT2D eigenvalue weighted by Gasteiger charge is -2.32. The molecule has 0 saturated heterocycles. The van der Waals surface area contributed by atoms with Crippen LogP contribution in [0.25, 0.3) is 0 Å². The summed E-state index contributed by atoms with van der Waals surface area (Å²) in [6.07, 6.45) is 2.17. The van der Waals surface area contributed by atoms with E-state index < -0.39 is 6.04 Å². The Hall–Kier alpha value is -3.02. The molecule has 3 aromatic carbocycles. The van der Waals surface area contributed by atoms with Crippen molar-refractivity contribution < 1.29 is 14.3 Å². The topological polar surface area (TPSA) is 58.6 Å². The van der Waals surface area contributed by atoms with Crippen molar-refractivity contribution in [2.24, 2.45) is 0 Å². The molecular formula is C32H38Cl2N2O3. The molecule has 3 rings (SSSR count). The third-order valence-electron chi connectivity index (χ3n) is 6.54. The second-order valence-electron chi connectivity index (χ2n) is 10.7. The van der Waals surface area contributed by atoms with Crippen molar-refractivity contribution in [3.63, 3.8) is 0 Å². The second kappa shape index (κ2) is 14.4. The lowest BCUT2D eigenvalue weighted by Crippen LogP contribution is -2.51. The van der Waals surface area contributed by atoms with Crippen LogP contribution in [0.4, 0.5) is 0 Å². The maximum atomic E-state index is 13.7. The van der Waals surface area contributed by atoms with Gasteiger partial charge in [0, 0.05) is 29.6 Å². The third-order valence-corrected chi connectivity index (χ3v) is 7.13. The molecule has 0 heterocycles. The molecule has 2 amide bonds. The van der Waals surface area contributed by atoms with E-state index in [9.17, 15) is 9.59 Å². The number of unbranched alkanes of at least 4 members (excludes halogenated alkanes) is 1. The minimum Gasteiger partial charge on any atom is -0.484 e. The molecule has 0 aliphatic rings. The molecule has 0 bridgehead atoms. The molecule has 208 valence electrons. The molecule has 0 fully saturated rings. The summed E-state index contributed by atoms with van der Waals surface area (Å²) in [4.78, 5) is 28.8. The summed E-state index contributed by atoms with van der Waals surface area (Å²) in [7, 11) is 0. The molecule has 0 aliphatic heterocycles. The highest BCUT2D eigenvalue weighted by Gasteiger charge is 2.31. The number of ether oxygens (including phenoxy) is 1. The van der Waals surface area contributed by atoms with Gasteiger partial charge in [0.25, 0.3) is 5.91 Å². The standard InChI is InChI=1S/C32H38Cl2N2O3/c1-5-6-18-35-31(38)29(19-23-10-8-7-9-11-23)36(21-24-12-15-26(33)20-28(24)34)30(37)22-39-27-16-13-25(14-17-27)32(2,3)4/h7-17,20,29H,5-6,18-19,21-22H2,1-4H3,(H,35,38). The van der Waals surface area contributed by atoms with Crippen molar-refractivity contribution in [3.8, 4) is 5.75 Å². The Morgan fingerprint density at radius 3 is 2.28 bits per heavy atom. The molecule has 5 nitrogen and oxygen atoms in total. The Morgan fingerprint density at radius 2 is 1.67 bits per heavy atom. The predicted molar refractivity (Wildman–Crippen MR) is 160 cm³/mol. The Kier molecular flexibility index (Phi) is 11.3. The molecule has 0 aromatic heterocycles. The molecule has 0 radical (unpaired) electrons.